The number of benzene rings is 1. The van der Waals surface area contributed by atoms with Crippen molar-refractivity contribution in [3.63, 3.8) is 0 Å². The lowest BCUT2D eigenvalue weighted by molar-refractivity contribution is -0.136. The molecule has 0 amide bonds. The molecular weight excluding hydrogens is 329 g/mol. The highest BCUT2D eigenvalue weighted by atomic mass is 19.4. The highest BCUT2D eigenvalue weighted by Crippen LogP contribution is 2.42. The first-order chi connectivity index (χ1) is 12.0. The van der Waals surface area contributed by atoms with Crippen molar-refractivity contribution in [3.05, 3.63) is 47.8 Å². The van der Waals surface area contributed by atoms with E-state index >= 15 is 0 Å². The molecule has 7 heteroatoms. The van der Waals surface area contributed by atoms with Crippen LogP contribution in [0.15, 0.2) is 36.7 Å². The Balaban J connectivity index is 2.06. The molecule has 1 unspecified atom stereocenters. The number of halogens is 3. The van der Waals surface area contributed by atoms with Crippen LogP contribution in [0.3, 0.4) is 0 Å². The van der Waals surface area contributed by atoms with Gasteiger partial charge in [-0.05, 0) is 55.1 Å². The Kier molecular flexibility index (Phi) is 5.13. The molecule has 1 saturated heterocycles. The van der Waals surface area contributed by atoms with Crippen molar-refractivity contribution >= 4 is 17.1 Å². The quantitative estimate of drug-likeness (QED) is 0.767. The summed E-state index contributed by atoms with van der Waals surface area (Å²) in [4.78, 5) is 3.99. The van der Waals surface area contributed by atoms with Crippen LogP contribution < -0.4 is 16.0 Å². The molecule has 0 saturated carbocycles. The van der Waals surface area contributed by atoms with E-state index < -0.39 is 11.7 Å². The Labute approximate surface area is 144 Å². The standard InChI is InChI=1S/C18H21F3N4/c1-22-17-15(12-4-2-6-23-10-12)8-14(9-16(17)18(19,20)21)25-13-5-3-7-24-11-13/h3,5,7-9,11-12,22-23,25H,2,4,6,10H2,1H3. The topological polar surface area (TPSA) is 49.0 Å². The van der Waals surface area contributed by atoms with E-state index in [-0.39, 0.29) is 11.6 Å². The maximum absolute atomic E-state index is 13.6. The number of hydrogen-bond acceptors (Lipinski definition) is 4. The Morgan fingerprint density at radius 2 is 2.08 bits per heavy atom. The van der Waals surface area contributed by atoms with Gasteiger partial charge in [-0.15, -0.1) is 0 Å². The third kappa shape index (κ3) is 4.04. The van der Waals surface area contributed by atoms with Crippen molar-refractivity contribution in [1.29, 1.82) is 0 Å². The lowest BCUT2D eigenvalue weighted by Gasteiger charge is -2.28. The molecule has 1 aromatic carbocycles. The summed E-state index contributed by atoms with van der Waals surface area (Å²) in [5, 5.41) is 9.08. The molecule has 1 fully saturated rings. The fourth-order valence-electron chi connectivity index (χ4n) is 3.28. The maximum Gasteiger partial charge on any atom is 0.418 e. The van der Waals surface area contributed by atoms with E-state index in [9.17, 15) is 13.2 Å². The van der Waals surface area contributed by atoms with E-state index in [1.54, 1.807) is 31.6 Å². The highest BCUT2D eigenvalue weighted by molar-refractivity contribution is 5.70. The van der Waals surface area contributed by atoms with E-state index in [1.165, 1.54) is 0 Å². The first-order valence-corrected chi connectivity index (χ1v) is 8.29. The molecule has 25 heavy (non-hydrogen) atoms. The Morgan fingerprint density at radius 3 is 2.68 bits per heavy atom. The number of pyridine rings is 1. The van der Waals surface area contributed by atoms with Gasteiger partial charge < -0.3 is 16.0 Å². The first-order valence-electron chi connectivity index (χ1n) is 8.29. The molecule has 2 heterocycles. The van der Waals surface area contributed by atoms with Crippen molar-refractivity contribution in [2.75, 3.05) is 30.8 Å². The molecular formula is C18H21F3N4. The van der Waals surface area contributed by atoms with Crippen molar-refractivity contribution < 1.29 is 13.2 Å². The lowest BCUT2D eigenvalue weighted by atomic mass is 9.88. The second-order valence-corrected chi connectivity index (χ2v) is 6.15. The van der Waals surface area contributed by atoms with E-state index in [1.807, 2.05) is 6.07 Å². The van der Waals surface area contributed by atoms with E-state index in [2.05, 4.69) is 20.9 Å². The molecule has 1 aliphatic rings. The Morgan fingerprint density at radius 1 is 1.24 bits per heavy atom. The number of nitrogens with zero attached hydrogens (tertiary/aromatic N) is 1. The molecule has 0 aliphatic carbocycles. The number of anilines is 3. The zero-order valence-electron chi connectivity index (χ0n) is 14.0. The van der Waals surface area contributed by atoms with Gasteiger partial charge in [0.25, 0.3) is 0 Å². The molecule has 1 aromatic heterocycles. The smallest absolute Gasteiger partial charge is 0.387 e. The second kappa shape index (κ2) is 7.31. The van der Waals surface area contributed by atoms with Gasteiger partial charge in [0.05, 0.1) is 17.4 Å². The van der Waals surface area contributed by atoms with Gasteiger partial charge in [-0.3, -0.25) is 4.98 Å². The number of piperidine rings is 1. The van der Waals surface area contributed by atoms with Gasteiger partial charge in [-0.25, -0.2) is 0 Å². The normalized spacial score (nSPS) is 18.0. The van der Waals surface area contributed by atoms with Crippen LogP contribution >= 0.6 is 0 Å². The van der Waals surface area contributed by atoms with Crippen LogP contribution in [0.2, 0.25) is 0 Å². The zero-order valence-corrected chi connectivity index (χ0v) is 14.0. The molecule has 4 nitrogen and oxygen atoms in total. The summed E-state index contributed by atoms with van der Waals surface area (Å²) in [7, 11) is 1.54. The summed E-state index contributed by atoms with van der Waals surface area (Å²) in [6.07, 6.45) is 0.600. The van der Waals surface area contributed by atoms with Crippen molar-refractivity contribution in [1.82, 2.24) is 10.3 Å². The summed E-state index contributed by atoms with van der Waals surface area (Å²) in [5.41, 5.74) is 1.28. The summed E-state index contributed by atoms with van der Waals surface area (Å²) >= 11 is 0. The van der Waals surface area contributed by atoms with E-state index in [0.717, 1.165) is 25.5 Å². The molecule has 0 spiro atoms. The van der Waals surface area contributed by atoms with Crippen LogP contribution in [0.4, 0.5) is 30.2 Å². The molecule has 3 N–H and O–H groups in total. The summed E-state index contributed by atoms with van der Waals surface area (Å²) in [5.74, 6) is 0.0490. The first kappa shape index (κ1) is 17.5. The predicted molar refractivity (Wildman–Crippen MR) is 93.4 cm³/mol. The van der Waals surface area contributed by atoms with Crippen molar-refractivity contribution in [2.45, 2.75) is 24.9 Å². The van der Waals surface area contributed by atoms with E-state index in [4.69, 9.17) is 0 Å². The van der Waals surface area contributed by atoms with Gasteiger partial charge in [0.15, 0.2) is 0 Å². The van der Waals surface area contributed by atoms with E-state index in [0.29, 0.717) is 23.5 Å². The minimum atomic E-state index is -4.43. The largest absolute Gasteiger partial charge is 0.418 e. The summed E-state index contributed by atoms with van der Waals surface area (Å²) < 4.78 is 40.8. The van der Waals surface area contributed by atoms with Crippen LogP contribution in [0, 0.1) is 0 Å². The fraction of sp³-hybridized carbons (Fsp3) is 0.389. The Hall–Kier alpha value is -2.28. The van der Waals surface area contributed by atoms with Crippen LogP contribution in [0.25, 0.3) is 0 Å². The number of rotatable bonds is 4. The van der Waals surface area contributed by atoms with Crippen molar-refractivity contribution in [3.8, 4) is 0 Å². The number of hydrogen-bond donors (Lipinski definition) is 3. The van der Waals surface area contributed by atoms with Crippen molar-refractivity contribution in [2.24, 2.45) is 0 Å². The third-order valence-electron chi connectivity index (χ3n) is 4.41. The van der Waals surface area contributed by atoms with Crippen LogP contribution in [-0.4, -0.2) is 25.1 Å². The van der Waals surface area contributed by atoms with Crippen LogP contribution in [0.1, 0.15) is 29.9 Å². The number of alkyl halides is 3. The average Bonchev–Trinajstić information content (AvgIpc) is 2.62. The van der Waals surface area contributed by atoms with Gasteiger partial charge in [0, 0.05) is 31.2 Å². The fourth-order valence-corrected chi connectivity index (χ4v) is 3.28. The average molecular weight is 350 g/mol. The predicted octanol–water partition coefficient (Wildman–Crippen LogP) is 4.35. The zero-order chi connectivity index (χ0) is 17.9. The summed E-state index contributed by atoms with van der Waals surface area (Å²) in [6, 6.07) is 6.47. The molecule has 134 valence electrons. The van der Waals surface area contributed by atoms with Crippen LogP contribution in [-0.2, 0) is 6.18 Å². The monoisotopic (exact) mass is 350 g/mol. The number of nitrogens with one attached hydrogen (secondary N) is 3. The van der Waals surface area contributed by atoms with Gasteiger partial charge in [0.1, 0.15) is 0 Å². The molecule has 2 aromatic rings. The highest BCUT2D eigenvalue weighted by Gasteiger charge is 2.36. The third-order valence-corrected chi connectivity index (χ3v) is 4.41. The van der Waals surface area contributed by atoms with Crippen LogP contribution in [0.5, 0.6) is 0 Å². The van der Waals surface area contributed by atoms with Gasteiger partial charge in [-0.2, -0.15) is 13.2 Å². The lowest BCUT2D eigenvalue weighted by Crippen LogP contribution is -2.29. The molecule has 0 radical (unpaired) electrons. The van der Waals surface area contributed by atoms with Gasteiger partial charge in [0.2, 0.25) is 0 Å². The minimum absolute atomic E-state index is 0.0490. The molecule has 0 bridgehead atoms. The Bertz CT molecular complexity index is 710. The number of aromatic nitrogens is 1. The summed E-state index contributed by atoms with van der Waals surface area (Å²) in [6.45, 7) is 1.59. The van der Waals surface area contributed by atoms with Gasteiger partial charge >= 0.3 is 6.18 Å². The molecule has 1 aliphatic heterocycles. The second-order valence-electron chi connectivity index (χ2n) is 6.15. The minimum Gasteiger partial charge on any atom is -0.387 e. The maximum atomic E-state index is 13.6. The SMILES string of the molecule is CNc1c(C2CCCNC2)cc(Nc2cccnc2)cc1C(F)(F)F. The molecule has 1 atom stereocenters. The van der Waals surface area contributed by atoms with Gasteiger partial charge in [-0.1, -0.05) is 0 Å². The molecule has 3 rings (SSSR count).